The van der Waals surface area contributed by atoms with Crippen molar-refractivity contribution in [2.75, 3.05) is 26.2 Å². The normalized spacial score (nSPS) is 23.5. The van der Waals surface area contributed by atoms with E-state index >= 15 is 0 Å². The number of amides is 1. The van der Waals surface area contributed by atoms with E-state index in [0.717, 1.165) is 50.5 Å². The van der Waals surface area contributed by atoms with E-state index in [-0.39, 0.29) is 11.3 Å². The van der Waals surface area contributed by atoms with E-state index in [9.17, 15) is 4.79 Å². The molecule has 2 saturated heterocycles. The zero-order valence-corrected chi connectivity index (χ0v) is 15.3. The lowest BCUT2D eigenvalue weighted by atomic mass is 9.79. The number of carbonyl (C=O) groups is 1. The second-order valence-corrected chi connectivity index (χ2v) is 7.66. The van der Waals surface area contributed by atoms with Gasteiger partial charge in [0.2, 0.25) is 0 Å². The number of aryl methyl sites for hydroxylation is 1. The van der Waals surface area contributed by atoms with E-state index in [1.807, 2.05) is 30.2 Å². The molecule has 0 bridgehead atoms. The summed E-state index contributed by atoms with van der Waals surface area (Å²) in [7, 11) is 0. The van der Waals surface area contributed by atoms with Crippen molar-refractivity contribution in [3.8, 4) is 0 Å². The van der Waals surface area contributed by atoms with Crippen LogP contribution in [0.3, 0.4) is 0 Å². The molecule has 26 heavy (non-hydrogen) atoms. The summed E-state index contributed by atoms with van der Waals surface area (Å²) in [6.45, 7) is 6.54. The van der Waals surface area contributed by atoms with Gasteiger partial charge in [-0.15, -0.1) is 0 Å². The van der Waals surface area contributed by atoms with Crippen molar-refractivity contribution in [3.05, 3.63) is 53.9 Å². The predicted octanol–water partition coefficient (Wildman–Crippen LogP) is 2.31. The molecule has 2 aliphatic heterocycles. The van der Waals surface area contributed by atoms with Crippen molar-refractivity contribution >= 4 is 5.91 Å². The number of carbonyl (C=O) groups excluding carboxylic acids is 1. The zero-order chi connectivity index (χ0) is 18.0. The van der Waals surface area contributed by atoms with E-state index in [4.69, 9.17) is 0 Å². The second kappa shape index (κ2) is 7.11. The molecule has 2 aromatic rings. The van der Waals surface area contributed by atoms with Crippen LogP contribution in [0.1, 0.15) is 41.1 Å². The molecule has 1 spiro atoms. The molecule has 0 N–H and O–H groups in total. The van der Waals surface area contributed by atoms with Crippen LogP contribution in [0, 0.1) is 12.3 Å². The minimum atomic E-state index is 0.0104. The van der Waals surface area contributed by atoms with Crippen molar-refractivity contribution < 1.29 is 4.79 Å². The van der Waals surface area contributed by atoms with Gasteiger partial charge in [0.1, 0.15) is 5.69 Å². The Morgan fingerprint density at radius 1 is 1.12 bits per heavy atom. The third-order valence-electron chi connectivity index (χ3n) is 5.58. The van der Waals surface area contributed by atoms with Crippen LogP contribution in [0.5, 0.6) is 0 Å². The van der Waals surface area contributed by atoms with E-state index in [1.165, 1.54) is 12.8 Å². The van der Waals surface area contributed by atoms with Crippen LogP contribution in [0.4, 0.5) is 0 Å². The van der Waals surface area contributed by atoms with Crippen molar-refractivity contribution in [1.29, 1.82) is 0 Å². The third-order valence-corrected chi connectivity index (χ3v) is 5.58. The van der Waals surface area contributed by atoms with Crippen LogP contribution >= 0.6 is 0 Å². The highest BCUT2D eigenvalue weighted by molar-refractivity contribution is 5.92. The molecule has 1 atom stereocenters. The van der Waals surface area contributed by atoms with Crippen molar-refractivity contribution in [2.24, 2.45) is 5.41 Å². The predicted molar refractivity (Wildman–Crippen MR) is 98.5 cm³/mol. The summed E-state index contributed by atoms with van der Waals surface area (Å²) >= 11 is 0. The maximum atomic E-state index is 12.8. The first-order valence-corrected chi connectivity index (χ1v) is 9.34. The molecule has 2 aliphatic rings. The average Bonchev–Trinajstić information content (AvgIpc) is 3.06. The number of aromatic nitrogens is 3. The first-order valence-electron chi connectivity index (χ1n) is 9.34. The number of likely N-dealkylation sites (tertiary alicyclic amines) is 2. The van der Waals surface area contributed by atoms with Gasteiger partial charge in [0.15, 0.2) is 0 Å². The first kappa shape index (κ1) is 17.1. The van der Waals surface area contributed by atoms with Crippen molar-refractivity contribution in [1.82, 2.24) is 24.8 Å². The van der Waals surface area contributed by atoms with E-state index < -0.39 is 0 Å². The molecule has 1 amide bonds. The van der Waals surface area contributed by atoms with Gasteiger partial charge in [-0.1, -0.05) is 6.07 Å². The van der Waals surface area contributed by atoms with Crippen LogP contribution in [0.2, 0.25) is 0 Å². The fourth-order valence-electron chi connectivity index (χ4n) is 4.27. The van der Waals surface area contributed by atoms with Gasteiger partial charge in [-0.25, -0.2) is 4.98 Å². The van der Waals surface area contributed by atoms with E-state index in [2.05, 4.69) is 25.9 Å². The summed E-state index contributed by atoms with van der Waals surface area (Å²) in [5, 5.41) is 0. The van der Waals surface area contributed by atoms with Crippen molar-refractivity contribution in [3.63, 3.8) is 0 Å². The molecule has 4 heterocycles. The lowest BCUT2D eigenvalue weighted by Crippen LogP contribution is -2.45. The maximum absolute atomic E-state index is 12.8. The SMILES string of the molecule is Cc1cnc(C(=O)N2CC[C@]3(CCCN(Cc4ccccn4)C3)C2)cn1. The molecular weight excluding hydrogens is 326 g/mol. The lowest BCUT2D eigenvalue weighted by Gasteiger charge is -2.40. The molecule has 0 aliphatic carbocycles. The largest absolute Gasteiger partial charge is 0.337 e. The van der Waals surface area contributed by atoms with Crippen LogP contribution in [-0.2, 0) is 6.54 Å². The lowest BCUT2D eigenvalue weighted by molar-refractivity contribution is 0.0668. The Bertz CT molecular complexity index is 764. The van der Waals surface area contributed by atoms with Crippen LogP contribution in [0.25, 0.3) is 0 Å². The number of nitrogens with zero attached hydrogens (tertiary/aromatic N) is 5. The van der Waals surface area contributed by atoms with E-state index in [1.54, 1.807) is 12.4 Å². The first-order chi connectivity index (χ1) is 12.6. The highest BCUT2D eigenvalue weighted by Gasteiger charge is 2.43. The Kier molecular flexibility index (Phi) is 4.68. The fourth-order valence-corrected chi connectivity index (χ4v) is 4.27. The highest BCUT2D eigenvalue weighted by atomic mass is 16.2. The van der Waals surface area contributed by atoms with E-state index in [0.29, 0.717) is 5.69 Å². The van der Waals surface area contributed by atoms with Crippen molar-refractivity contribution in [2.45, 2.75) is 32.7 Å². The minimum Gasteiger partial charge on any atom is -0.337 e. The molecule has 4 rings (SSSR count). The molecule has 2 fully saturated rings. The summed E-state index contributed by atoms with van der Waals surface area (Å²) in [4.78, 5) is 30.1. The van der Waals surface area contributed by atoms with Gasteiger partial charge in [0.05, 0.1) is 17.6 Å². The summed E-state index contributed by atoms with van der Waals surface area (Å²) < 4.78 is 0. The molecule has 136 valence electrons. The molecule has 0 aromatic carbocycles. The molecule has 6 nitrogen and oxygen atoms in total. The Balaban J connectivity index is 1.41. The number of piperidine rings is 1. The summed E-state index contributed by atoms with van der Waals surface area (Å²) in [5.74, 6) is 0.0104. The standard InChI is InChI=1S/C20H25N5O/c1-16-11-23-18(12-22-16)19(26)25-10-7-20(15-25)6-4-9-24(14-20)13-17-5-2-3-8-21-17/h2-3,5,8,11-12H,4,6-7,9-10,13-15H2,1H3/t20-/m0/s1. The topological polar surface area (TPSA) is 62.2 Å². The highest BCUT2D eigenvalue weighted by Crippen LogP contribution is 2.39. The van der Waals surface area contributed by atoms with Gasteiger partial charge < -0.3 is 4.90 Å². The smallest absolute Gasteiger partial charge is 0.274 e. The quantitative estimate of drug-likeness (QED) is 0.849. The van der Waals surface area contributed by atoms with Gasteiger partial charge in [-0.2, -0.15) is 0 Å². The van der Waals surface area contributed by atoms with Gasteiger partial charge in [0, 0.05) is 44.0 Å². The van der Waals surface area contributed by atoms with Crippen LogP contribution in [-0.4, -0.2) is 56.8 Å². The number of hydrogen-bond donors (Lipinski definition) is 0. The number of rotatable bonds is 3. The monoisotopic (exact) mass is 351 g/mol. The minimum absolute atomic E-state index is 0.0104. The molecule has 0 radical (unpaired) electrons. The third kappa shape index (κ3) is 3.60. The number of hydrogen-bond acceptors (Lipinski definition) is 5. The van der Waals surface area contributed by atoms with Gasteiger partial charge in [0.25, 0.3) is 5.91 Å². The average molecular weight is 351 g/mol. The maximum Gasteiger partial charge on any atom is 0.274 e. The Morgan fingerprint density at radius 2 is 2.04 bits per heavy atom. The molecule has 0 unspecified atom stereocenters. The molecular formula is C20H25N5O. The fraction of sp³-hybridized carbons (Fsp3) is 0.500. The Morgan fingerprint density at radius 3 is 2.81 bits per heavy atom. The van der Waals surface area contributed by atoms with Crippen LogP contribution < -0.4 is 0 Å². The number of pyridine rings is 1. The summed E-state index contributed by atoms with van der Waals surface area (Å²) in [5.41, 5.74) is 2.61. The second-order valence-electron chi connectivity index (χ2n) is 7.66. The van der Waals surface area contributed by atoms with Gasteiger partial charge in [-0.05, 0) is 44.9 Å². The van der Waals surface area contributed by atoms with Gasteiger partial charge in [-0.3, -0.25) is 19.7 Å². The Hall–Kier alpha value is -2.34. The van der Waals surface area contributed by atoms with Gasteiger partial charge >= 0.3 is 0 Å². The molecule has 0 saturated carbocycles. The molecule has 6 heteroatoms. The summed E-state index contributed by atoms with van der Waals surface area (Å²) in [6, 6.07) is 6.08. The molecule has 2 aromatic heterocycles. The summed E-state index contributed by atoms with van der Waals surface area (Å²) in [6.07, 6.45) is 8.55. The Labute approximate surface area is 154 Å². The van der Waals surface area contributed by atoms with Crippen LogP contribution in [0.15, 0.2) is 36.8 Å². The zero-order valence-electron chi connectivity index (χ0n) is 15.3.